The van der Waals surface area contributed by atoms with Crippen molar-refractivity contribution in [1.29, 1.82) is 0 Å². The minimum Gasteiger partial charge on any atom is -0.382 e. The van der Waals surface area contributed by atoms with Crippen LogP contribution in [0.5, 0.6) is 0 Å². The van der Waals surface area contributed by atoms with Crippen LogP contribution in [0, 0.1) is 0 Å². The smallest absolute Gasteiger partial charge is 0.150 e. The predicted molar refractivity (Wildman–Crippen MR) is 44.0 cm³/mol. The van der Waals surface area contributed by atoms with Crippen LogP contribution < -0.4 is 5.73 Å². The van der Waals surface area contributed by atoms with Crippen LogP contribution in [0.15, 0.2) is 24.8 Å². The molecule has 0 atom stereocenters. The summed E-state index contributed by atoms with van der Waals surface area (Å²) in [5, 5.41) is 6.47. The van der Waals surface area contributed by atoms with Crippen LogP contribution in [0.4, 0.5) is 5.82 Å². The Morgan fingerprint density at radius 3 is 2.75 bits per heavy atom. The third kappa shape index (κ3) is 1.01. The molecule has 0 aliphatic rings. The van der Waals surface area contributed by atoms with Gasteiger partial charge in [-0.2, -0.15) is 5.10 Å². The van der Waals surface area contributed by atoms with Gasteiger partial charge in [-0.1, -0.05) is 0 Å². The first kappa shape index (κ1) is 6.78. The van der Waals surface area contributed by atoms with Crippen LogP contribution in [0.25, 0.3) is 11.3 Å². The molecule has 5 heteroatoms. The fourth-order valence-corrected chi connectivity index (χ4v) is 0.952. The van der Waals surface area contributed by atoms with Crippen LogP contribution in [-0.2, 0) is 0 Å². The number of nitrogens with one attached hydrogen (secondary N) is 1. The highest BCUT2D eigenvalue weighted by Gasteiger charge is 2.03. The van der Waals surface area contributed by atoms with E-state index in [1.165, 1.54) is 0 Å². The molecule has 0 amide bonds. The summed E-state index contributed by atoms with van der Waals surface area (Å²) in [6.07, 6.45) is 6.53. The van der Waals surface area contributed by atoms with E-state index in [1.54, 1.807) is 24.8 Å². The first-order valence-corrected chi connectivity index (χ1v) is 3.43. The van der Waals surface area contributed by atoms with Gasteiger partial charge in [0.05, 0.1) is 6.20 Å². The van der Waals surface area contributed by atoms with Crippen molar-refractivity contribution >= 4 is 5.82 Å². The molecule has 2 aromatic rings. The highest BCUT2D eigenvalue weighted by molar-refractivity contribution is 5.67. The number of aromatic nitrogens is 4. The van der Waals surface area contributed by atoms with E-state index >= 15 is 0 Å². The number of H-pyrrole nitrogens is 1. The van der Waals surface area contributed by atoms with Gasteiger partial charge in [-0.05, 0) is 0 Å². The van der Waals surface area contributed by atoms with Gasteiger partial charge in [0.15, 0.2) is 0 Å². The largest absolute Gasteiger partial charge is 0.382 e. The monoisotopic (exact) mass is 161 g/mol. The number of hydrogen-bond acceptors (Lipinski definition) is 4. The molecule has 0 saturated carbocycles. The molecule has 0 radical (unpaired) electrons. The van der Waals surface area contributed by atoms with E-state index in [0.717, 1.165) is 5.56 Å². The summed E-state index contributed by atoms with van der Waals surface area (Å²) >= 11 is 0. The lowest BCUT2D eigenvalue weighted by Crippen LogP contribution is -1.94. The number of nitrogens with two attached hydrogens (primary N) is 1. The number of rotatable bonds is 1. The second-order valence-corrected chi connectivity index (χ2v) is 2.28. The van der Waals surface area contributed by atoms with Gasteiger partial charge in [0.25, 0.3) is 0 Å². The molecule has 2 heterocycles. The Hall–Kier alpha value is -1.91. The maximum absolute atomic E-state index is 5.60. The molecule has 0 spiro atoms. The lowest BCUT2D eigenvalue weighted by molar-refractivity contribution is 1.09. The lowest BCUT2D eigenvalue weighted by atomic mass is 10.2. The highest BCUT2D eigenvalue weighted by Crippen LogP contribution is 2.18. The molecule has 2 aromatic heterocycles. The van der Waals surface area contributed by atoms with Crippen molar-refractivity contribution in [2.45, 2.75) is 0 Å². The van der Waals surface area contributed by atoms with E-state index in [9.17, 15) is 0 Å². The van der Waals surface area contributed by atoms with Gasteiger partial charge < -0.3 is 5.73 Å². The van der Waals surface area contributed by atoms with Gasteiger partial charge in [0.1, 0.15) is 11.5 Å². The molecule has 2 rings (SSSR count). The Kier molecular flexibility index (Phi) is 1.48. The quantitative estimate of drug-likeness (QED) is 0.636. The molecule has 5 nitrogen and oxygen atoms in total. The Labute approximate surface area is 68.7 Å². The van der Waals surface area contributed by atoms with Crippen molar-refractivity contribution in [1.82, 2.24) is 20.2 Å². The number of aromatic amines is 1. The molecular formula is C7H7N5. The second kappa shape index (κ2) is 2.61. The summed E-state index contributed by atoms with van der Waals surface area (Å²) < 4.78 is 0. The van der Waals surface area contributed by atoms with Crippen LogP contribution in [0.1, 0.15) is 0 Å². The fourth-order valence-electron chi connectivity index (χ4n) is 0.952. The number of anilines is 1. The minimum absolute atomic E-state index is 0.416. The molecular weight excluding hydrogens is 154 g/mol. The number of hydrogen-bond donors (Lipinski definition) is 2. The zero-order chi connectivity index (χ0) is 8.39. The van der Waals surface area contributed by atoms with Crippen LogP contribution >= 0.6 is 0 Å². The van der Waals surface area contributed by atoms with Crippen molar-refractivity contribution in [2.75, 3.05) is 5.73 Å². The fraction of sp³-hybridized carbons (Fsp3) is 0. The Bertz CT molecular complexity index is 367. The third-order valence-electron chi connectivity index (χ3n) is 1.50. The van der Waals surface area contributed by atoms with Gasteiger partial charge in [-0.25, -0.2) is 4.98 Å². The molecule has 0 aliphatic carbocycles. The minimum atomic E-state index is 0.416. The zero-order valence-electron chi connectivity index (χ0n) is 6.23. The van der Waals surface area contributed by atoms with Crippen molar-refractivity contribution in [2.24, 2.45) is 0 Å². The van der Waals surface area contributed by atoms with E-state index in [2.05, 4.69) is 20.2 Å². The molecule has 0 bridgehead atoms. The first-order valence-electron chi connectivity index (χ1n) is 3.43. The summed E-state index contributed by atoms with van der Waals surface area (Å²) in [5.41, 5.74) is 7.10. The van der Waals surface area contributed by atoms with E-state index in [1.807, 2.05) is 0 Å². The summed E-state index contributed by atoms with van der Waals surface area (Å²) in [5.74, 6) is 0.416. The highest BCUT2D eigenvalue weighted by atomic mass is 15.1. The molecule has 12 heavy (non-hydrogen) atoms. The normalized spacial score (nSPS) is 10.0. The van der Waals surface area contributed by atoms with Gasteiger partial charge in [0.2, 0.25) is 0 Å². The molecule has 0 aromatic carbocycles. The molecule has 0 fully saturated rings. The van der Waals surface area contributed by atoms with Gasteiger partial charge >= 0.3 is 0 Å². The van der Waals surface area contributed by atoms with E-state index in [4.69, 9.17) is 5.73 Å². The van der Waals surface area contributed by atoms with Gasteiger partial charge in [-0.15, -0.1) is 0 Å². The van der Waals surface area contributed by atoms with Crippen LogP contribution in [0.3, 0.4) is 0 Å². The van der Waals surface area contributed by atoms with Crippen molar-refractivity contribution in [3.05, 3.63) is 24.8 Å². The third-order valence-corrected chi connectivity index (χ3v) is 1.50. The molecule has 0 saturated heterocycles. The maximum Gasteiger partial charge on any atom is 0.150 e. The Morgan fingerprint density at radius 2 is 2.08 bits per heavy atom. The number of nitrogens with zero attached hydrogens (tertiary/aromatic N) is 3. The SMILES string of the molecule is Nc1nccnc1-c1cn[nH]c1. The van der Waals surface area contributed by atoms with Crippen LogP contribution in [0.2, 0.25) is 0 Å². The standard InChI is InChI=1S/C7H7N5/c8-7-6(9-1-2-10-7)5-3-11-12-4-5/h1-4H,(H2,8,10)(H,11,12). The summed E-state index contributed by atoms with van der Waals surface area (Å²) in [6.45, 7) is 0. The average molecular weight is 161 g/mol. The maximum atomic E-state index is 5.60. The Balaban J connectivity index is 2.55. The van der Waals surface area contributed by atoms with Crippen molar-refractivity contribution in [3.8, 4) is 11.3 Å². The van der Waals surface area contributed by atoms with Gasteiger partial charge in [-0.3, -0.25) is 10.1 Å². The van der Waals surface area contributed by atoms with E-state index in [0.29, 0.717) is 11.5 Å². The topological polar surface area (TPSA) is 80.5 Å². The zero-order valence-corrected chi connectivity index (χ0v) is 6.23. The summed E-state index contributed by atoms with van der Waals surface area (Å²) in [4.78, 5) is 7.98. The number of nitrogen functional groups attached to an aromatic ring is 1. The first-order chi connectivity index (χ1) is 5.88. The molecule has 0 aliphatic heterocycles. The van der Waals surface area contributed by atoms with Crippen molar-refractivity contribution < 1.29 is 0 Å². The molecule has 3 N–H and O–H groups in total. The average Bonchev–Trinajstić information content (AvgIpc) is 2.57. The summed E-state index contributed by atoms with van der Waals surface area (Å²) in [7, 11) is 0. The predicted octanol–water partition coefficient (Wildman–Crippen LogP) is 0.449. The lowest BCUT2D eigenvalue weighted by Gasteiger charge is -1.97. The summed E-state index contributed by atoms with van der Waals surface area (Å²) in [6, 6.07) is 0. The molecule has 0 unspecified atom stereocenters. The van der Waals surface area contributed by atoms with Crippen LogP contribution in [-0.4, -0.2) is 20.2 Å². The molecule has 60 valence electrons. The van der Waals surface area contributed by atoms with E-state index < -0.39 is 0 Å². The van der Waals surface area contributed by atoms with Crippen molar-refractivity contribution in [3.63, 3.8) is 0 Å². The van der Waals surface area contributed by atoms with Gasteiger partial charge in [0, 0.05) is 24.2 Å². The second-order valence-electron chi connectivity index (χ2n) is 2.28. The van der Waals surface area contributed by atoms with E-state index in [-0.39, 0.29) is 0 Å². The Morgan fingerprint density at radius 1 is 1.25 bits per heavy atom.